The first-order valence-corrected chi connectivity index (χ1v) is 5.13. The standard InChI is InChI=1S/C12H19NO2/c1-12(2,9-14)8-13-7-10-3-5-11(15)6-4-10/h3-6,13-15H,7-9H2,1-2H3. The molecule has 3 heteroatoms. The number of rotatable bonds is 5. The molecule has 3 N–H and O–H groups in total. The molecule has 15 heavy (non-hydrogen) atoms. The lowest BCUT2D eigenvalue weighted by atomic mass is 9.95. The van der Waals surface area contributed by atoms with Crippen LogP contribution in [-0.2, 0) is 6.54 Å². The van der Waals surface area contributed by atoms with Gasteiger partial charge in [0.2, 0.25) is 0 Å². The summed E-state index contributed by atoms with van der Waals surface area (Å²) in [5, 5.41) is 21.4. The molecule has 0 aliphatic heterocycles. The summed E-state index contributed by atoms with van der Waals surface area (Å²) in [6.45, 7) is 5.72. The minimum absolute atomic E-state index is 0.0864. The van der Waals surface area contributed by atoms with Gasteiger partial charge in [0.05, 0.1) is 0 Å². The zero-order valence-corrected chi connectivity index (χ0v) is 9.33. The molecule has 1 rings (SSSR count). The number of aromatic hydroxyl groups is 1. The number of phenolic OH excluding ortho intramolecular Hbond substituents is 1. The van der Waals surface area contributed by atoms with Gasteiger partial charge in [-0.25, -0.2) is 0 Å². The molecular weight excluding hydrogens is 190 g/mol. The van der Waals surface area contributed by atoms with Gasteiger partial charge in [0.25, 0.3) is 0 Å². The molecule has 0 radical (unpaired) electrons. The maximum Gasteiger partial charge on any atom is 0.115 e. The van der Waals surface area contributed by atoms with Crippen LogP contribution in [0.1, 0.15) is 19.4 Å². The third kappa shape index (κ3) is 4.32. The van der Waals surface area contributed by atoms with Gasteiger partial charge >= 0.3 is 0 Å². The lowest BCUT2D eigenvalue weighted by molar-refractivity contribution is 0.156. The number of hydrogen-bond acceptors (Lipinski definition) is 3. The van der Waals surface area contributed by atoms with E-state index >= 15 is 0 Å². The summed E-state index contributed by atoms with van der Waals surface area (Å²) in [5.41, 5.74) is 1.04. The largest absolute Gasteiger partial charge is 0.508 e. The summed E-state index contributed by atoms with van der Waals surface area (Å²) < 4.78 is 0. The zero-order valence-electron chi connectivity index (χ0n) is 9.33. The van der Waals surface area contributed by atoms with Crippen LogP contribution in [0.3, 0.4) is 0 Å². The highest BCUT2D eigenvalue weighted by Crippen LogP contribution is 2.12. The van der Waals surface area contributed by atoms with Crippen molar-refractivity contribution in [1.29, 1.82) is 0 Å². The highest BCUT2D eigenvalue weighted by Gasteiger charge is 2.15. The molecule has 0 aliphatic rings. The van der Waals surface area contributed by atoms with Crippen molar-refractivity contribution in [3.05, 3.63) is 29.8 Å². The fraction of sp³-hybridized carbons (Fsp3) is 0.500. The monoisotopic (exact) mass is 209 g/mol. The lowest BCUT2D eigenvalue weighted by Crippen LogP contribution is -2.31. The fourth-order valence-electron chi connectivity index (χ4n) is 1.21. The summed E-state index contributed by atoms with van der Waals surface area (Å²) in [6.07, 6.45) is 0. The molecule has 0 saturated carbocycles. The number of aliphatic hydroxyl groups is 1. The van der Waals surface area contributed by atoms with Crippen LogP contribution < -0.4 is 5.32 Å². The molecule has 0 saturated heterocycles. The second-order valence-corrected chi connectivity index (χ2v) is 4.59. The van der Waals surface area contributed by atoms with Gasteiger partial charge in [0, 0.05) is 25.1 Å². The molecule has 0 spiro atoms. The maximum atomic E-state index is 9.10. The van der Waals surface area contributed by atoms with E-state index in [0.717, 1.165) is 18.7 Å². The van der Waals surface area contributed by atoms with E-state index < -0.39 is 0 Å². The average Bonchev–Trinajstić information content (AvgIpc) is 2.21. The van der Waals surface area contributed by atoms with E-state index in [9.17, 15) is 0 Å². The van der Waals surface area contributed by atoms with Crippen molar-refractivity contribution < 1.29 is 10.2 Å². The summed E-state index contributed by atoms with van der Waals surface area (Å²) in [6, 6.07) is 7.12. The lowest BCUT2D eigenvalue weighted by Gasteiger charge is -2.21. The Bertz CT molecular complexity index is 293. The second kappa shape index (κ2) is 5.14. The van der Waals surface area contributed by atoms with Crippen molar-refractivity contribution in [2.45, 2.75) is 20.4 Å². The highest BCUT2D eigenvalue weighted by molar-refractivity contribution is 5.25. The van der Waals surface area contributed by atoms with Crippen molar-refractivity contribution in [3.8, 4) is 5.75 Å². The molecule has 0 atom stereocenters. The first kappa shape index (κ1) is 12.0. The van der Waals surface area contributed by atoms with E-state index in [1.54, 1.807) is 12.1 Å². The predicted molar refractivity (Wildman–Crippen MR) is 60.7 cm³/mol. The summed E-state index contributed by atoms with van der Waals surface area (Å²) in [4.78, 5) is 0. The molecule has 1 aromatic rings. The summed E-state index contributed by atoms with van der Waals surface area (Å²) in [5.74, 6) is 0.287. The fourth-order valence-corrected chi connectivity index (χ4v) is 1.21. The molecule has 0 fully saturated rings. The third-order valence-electron chi connectivity index (χ3n) is 2.30. The molecule has 0 unspecified atom stereocenters. The number of hydrogen-bond donors (Lipinski definition) is 3. The Kier molecular flexibility index (Phi) is 4.12. The maximum absolute atomic E-state index is 9.10. The molecule has 0 bridgehead atoms. The Morgan fingerprint density at radius 2 is 1.80 bits per heavy atom. The van der Waals surface area contributed by atoms with Crippen LogP contribution in [0.15, 0.2) is 24.3 Å². The van der Waals surface area contributed by atoms with E-state index in [0.29, 0.717) is 0 Å². The molecule has 3 nitrogen and oxygen atoms in total. The molecule has 0 aromatic heterocycles. The smallest absolute Gasteiger partial charge is 0.115 e. The Hall–Kier alpha value is -1.06. The van der Waals surface area contributed by atoms with Crippen molar-refractivity contribution in [3.63, 3.8) is 0 Å². The molecule has 0 aliphatic carbocycles. The Morgan fingerprint density at radius 3 is 2.33 bits per heavy atom. The Labute approximate surface area is 90.8 Å². The normalized spacial score (nSPS) is 11.7. The van der Waals surface area contributed by atoms with Gasteiger partial charge < -0.3 is 15.5 Å². The highest BCUT2D eigenvalue weighted by atomic mass is 16.3. The van der Waals surface area contributed by atoms with E-state index in [4.69, 9.17) is 10.2 Å². The zero-order chi connectivity index (χ0) is 11.3. The number of phenols is 1. The van der Waals surface area contributed by atoms with Crippen LogP contribution in [0, 0.1) is 5.41 Å². The summed E-state index contributed by atoms with van der Waals surface area (Å²) >= 11 is 0. The SMILES string of the molecule is CC(C)(CO)CNCc1ccc(O)cc1. The van der Waals surface area contributed by atoms with Crippen molar-refractivity contribution in [1.82, 2.24) is 5.32 Å². The minimum Gasteiger partial charge on any atom is -0.508 e. The molecule has 1 aromatic carbocycles. The second-order valence-electron chi connectivity index (χ2n) is 4.59. The van der Waals surface area contributed by atoms with Crippen LogP contribution in [0.4, 0.5) is 0 Å². The van der Waals surface area contributed by atoms with Crippen LogP contribution >= 0.6 is 0 Å². The van der Waals surface area contributed by atoms with Gasteiger partial charge in [0.15, 0.2) is 0 Å². The van der Waals surface area contributed by atoms with Gasteiger partial charge in [-0.2, -0.15) is 0 Å². The van der Waals surface area contributed by atoms with Gasteiger partial charge in [-0.1, -0.05) is 26.0 Å². The Balaban J connectivity index is 2.35. The molecule has 0 amide bonds. The van der Waals surface area contributed by atoms with Gasteiger partial charge in [-0.05, 0) is 17.7 Å². The Morgan fingerprint density at radius 1 is 1.20 bits per heavy atom. The average molecular weight is 209 g/mol. The van der Waals surface area contributed by atoms with Crippen molar-refractivity contribution >= 4 is 0 Å². The van der Waals surface area contributed by atoms with E-state index in [1.807, 2.05) is 26.0 Å². The van der Waals surface area contributed by atoms with E-state index in [-0.39, 0.29) is 17.8 Å². The van der Waals surface area contributed by atoms with Gasteiger partial charge in [-0.3, -0.25) is 0 Å². The first-order valence-electron chi connectivity index (χ1n) is 5.13. The van der Waals surface area contributed by atoms with Crippen LogP contribution in [0.5, 0.6) is 5.75 Å². The molecule has 84 valence electrons. The quantitative estimate of drug-likeness (QED) is 0.689. The van der Waals surface area contributed by atoms with Crippen molar-refractivity contribution in [2.24, 2.45) is 5.41 Å². The predicted octanol–water partition coefficient (Wildman–Crippen LogP) is 1.50. The third-order valence-corrected chi connectivity index (χ3v) is 2.30. The molecular formula is C12H19NO2. The number of aliphatic hydroxyl groups excluding tert-OH is 1. The number of benzene rings is 1. The summed E-state index contributed by atoms with van der Waals surface area (Å²) in [7, 11) is 0. The first-order chi connectivity index (χ1) is 7.03. The minimum atomic E-state index is -0.0864. The topological polar surface area (TPSA) is 52.5 Å². The van der Waals surface area contributed by atoms with Gasteiger partial charge in [-0.15, -0.1) is 0 Å². The van der Waals surface area contributed by atoms with Crippen LogP contribution in [0.2, 0.25) is 0 Å². The van der Waals surface area contributed by atoms with E-state index in [1.165, 1.54) is 0 Å². The van der Waals surface area contributed by atoms with E-state index in [2.05, 4.69) is 5.32 Å². The van der Waals surface area contributed by atoms with Gasteiger partial charge in [0.1, 0.15) is 5.75 Å². The van der Waals surface area contributed by atoms with Crippen LogP contribution in [0.25, 0.3) is 0 Å². The van der Waals surface area contributed by atoms with Crippen LogP contribution in [-0.4, -0.2) is 23.4 Å². The number of nitrogens with one attached hydrogen (secondary N) is 1. The molecule has 0 heterocycles. The van der Waals surface area contributed by atoms with Crippen molar-refractivity contribution in [2.75, 3.05) is 13.2 Å².